The highest BCUT2D eigenvalue weighted by molar-refractivity contribution is 5.22. The Balaban J connectivity index is 3.04. The van der Waals surface area contributed by atoms with E-state index >= 15 is 0 Å². The van der Waals surface area contributed by atoms with Crippen LogP contribution in [0.2, 0.25) is 0 Å². The molecule has 0 aromatic heterocycles. The van der Waals surface area contributed by atoms with Crippen LogP contribution in [-0.4, -0.2) is 26.0 Å². The number of rotatable bonds is 5. The molecular formula is C6H14N2O. The average Bonchev–Trinajstić information content (AvgIpc) is 1.85. The van der Waals surface area contributed by atoms with Gasteiger partial charge in [-0.1, -0.05) is 0 Å². The van der Waals surface area contributed by atoms with Crippen molar-refractivity contribution in [1.29, 1.82) is 0 Å². The molecule has 0 saturated carbocycles. The highest BCUT2D eigenvalue weighted by atomic mass is 16.5. The second kappa shape index (κ2) is 5.56. The van der Waals surface area contributed by atoms with Crippen molar-refractivity contribution in [3.63, 3.8) is 0 Å². The predicted molar refractivity (Wildman–Crippen MR) is 38.6 cm³/mol. The lowest BCUT2D eigenvalue weighted by Crippen LogP contribution is -2.22. The molecule has 0 unspecified atom stereocenters. The Morgan fingerprint density at radius 3 is 2.89 bits per heavy atom. The Morgan fingerprint density at radius 1 is 1.78 bits per heavy atom. The van der Waals surface area contributed by atoms with Crippen molar-refractivity contribution in [2.45, 2.75) is 20.0 Å². The van der Waals surface area contributed by atoms with E-state index in [1.807, 2.05) is 13.8 Å². The van der Waals surface area contributed by atoms with E-state index in [4.69, 9.17) is 4.74 Å². The molecule has 0 aliphatic rings. The zero-order chi connectivity index (χ0) is 7.11. The van der Waals surface area contributed by atoms with E-state index in [1.165, 1.54) is 0 Å². The molecule has 0 rings (SSSR count). The Kier molecular flexibility index (Phi) is 5.21. The first-order valence-electron chi connectivity index (χ1n) is 3.11. The van der Waals surface area contributed by atoms with Gasteiger partial charge >= 0.3 is 0 Å². The number of hydrogen-bond donors (Lipinski definition) is 1. The van der Waals surface area contributed by atoms with Crippen LogP contribution >= 0.6 is 0 Å². The predicted octanol–water partition coefficient (Wildman–Crippen LogP) is 0.617. The zero-order valence-corrected chi connectivity index (χ0v) is 6.05. The standard InChI is InChI=1S/C6H14N2O/c1-4-9-6(2)5-8-7-3/h6,8H,3-5H2,1-2H3/t6-/m0/s1. The lowest BCUT2D eigenvalue weighted by atomic mass is 10.4. The smallest absolute Gasteiger partial charge is 0.0735 e. The summed E-state index contributed by atoms with van der Waals surface area (Å²) >= 11 is 0. The average molecular weight is 130 g/mol. The monoisotopic (exact) mass is 130 g/mol. The Morgan fingerprint density at radius 2 is 2.44 bits per heavy atom. The molecule has 0 aliphatic heterocycles. The van der Waals surface area contributed by atoms with Gasteiger partial charge in [0.15, 0.2) is 0 Å². The molecule has 0 saturated heterocycles. The maximum Gasteiger partial charge on any atom is 0.0735 e. The number of ether oxygens (including phenoxy) is 1. The van der Waals surface area contributed by atoms with Crippen LogP contribution in [0.4, 0.5) is 0 Å². The summed E-state index contributed by atoms with van der Waals surface area (Å²) in [4.78, 5) is 0. The fraction of sp³-hybridized carbons (Fsp3) is 0.833. The lowest BCUT2D eigenvalue weighted by Gasteiger charge is -2.09. The molecule has 1 N–H and O–H groups in total. The Labute approximate surface area is 56.1 Å². The van der Waals surface area contributed by atoms with Gasteiger partial charge in [0.1, 0.15) is 0 Å². The van der Waals surface area contributed by atoms with Crippen LogP contribution in [0.1, 0.15) is 13.8 Å². The van der Waals surface area contributed by atoms with Gasteiger partial charge in [-0.05, 0) is 13.8 Å². The van der Waals surface area contributed by atoms with Crippen molar-refractivity contribution in [2.75, 3.05) is 13.2 Å². The third kappa shape index (κ3) is 5.30. The van der Waals surface area contributed by atoms with Gasteiger partial charge in [-0.25, -0.2) is 0 Å². The highest BCUT2D eigenvalue weighted by Gasteiger charge is 1.96. The molecule has 0 aromatic carbocycles. The summed E-state index contributed by atoms with van der Waals surface area (Å²) < 4.78 is 5.19. The molecule has 0 amide bonds. The molecule has 0 spiro atoms. The van der Waals surface area contributed by atoms with Gasteiger partial charge in [-0.15, -0.1) is 0 Å². The summed E-state index contributed by atoms with van der Waals surface area (Å²) in [5, 5.41) is 3.48. The zero-order valence-electron chi connectivity index (χ0n) is 6.05. The van der Waals surface area contributed by atoms with E-state index in [0.717, 1.165) is 13.2 Å². The molecule has 54 valence electrons. The van der Waals surface area contributed by atoms with E-state index in [1.54, 1.807) is 0 Å². The molecule has 3 nitrogen and oxygen atoms in total. The fourth-order valence-corrected chi connectivity index (χ4v) is 0.537. The third-order valence-electron chi connectivity index (χ3n) is 0.942. The van der Waals surface area contributed by atoms with Crippen LogP contribution in [-0.2, 0) is 4.74 Å². The first-order chi connectivity index (χ1) is 4.31. The van der Waals surface area contributed by atoms with Crippen molar-refractivity contribution in [2.24, 2.45) is 5.10 Å². The van der Waals surface area contributed by atoms with Gasteiger partial charge in [-0.3, -0.25) is 0 Å². The topological polar surface area (TPSA) is 33.6 Å². The molecule has 0 heterocycles. The minimum atomic E-state index is 0.223. The lowest BCUT2D eigenvalue weighted by molar-refractivity contribution is 0.0765. The van der Waals surface area contributed by atoms with Gasteiger partial charge < -0.3 is 10.2 Å². The summed E-state index contributed by atoms with van der Waals surface area (Å²) in [5.74, 6) is 0. The number of nitrogens with one attached hydrogen (secondary N) is 1. The highest BCUT2D eigenvalue weighted by Crippen LogP contribution is 1.85. The maximum atomic E-state index is 5.19. The first-order valence-corrected chi connectivity index (χ1v) is 3.11. The minimum absolute atomic E-state index is 0.223. The summed E-state index contributed by atoms with van der Waals surface area (Å²) in [6.07, 6.45) is 0.223. The van der Waals surface area contributed by atoms with E-state index in [-0.39, 0.29) is 6.10 Å². The first kappa shape index (κ1) is 8.43. The van der Waals surface area contributed by atoms with Crippen molar-refractivity contribution >= 4 is 6.72 Å². The molecule has 0 bridgehead atoms. The molecule has 0 aromatic rings. The van der Waals surface area contributed by atoms with Crippen LogP contribution in [0, 0.1) is 0 Å². The molecule has 3 heteroatoms. The van der Waals surface area contributed by atoms with Crippen LogP contribution < -0.4 is 5.43 Å². The van der Waals surface area contributed by atoms with Gasteiger partial charge in [0.25, 0.3) is 0 Å². The Hall–Kier alpha value is -0.570. The molecule has 0 fully saturated rings. The quantitative estimate of drug-likeness (QED) is 0.437. The van der Waals surface area contributed by atoms with E-state index in [2.05, 4.69) is 17.2 Å². The van der Waals surface area contributed by atoms with Crippen molar-refractivity contribution < 1.29 is 4.74 Å². The fourth-order valence-electron chi connectivity index (χ4n) is 0.537. The molecule has 1 atom stereocenters. The van der Waals surface area contributed by atoms with Gasteiger partial charge in [0.05, 0.1) is 12.6 Å². The van der Waals surface area contributed by atoms with Crippen molar-refractivity contribution in [3.05, 3.63) is 0 Å². The second-order valence-corrected chi connectivity index (χ2v) is 1.79. The van der Waals surface area contributed by atoms with Crippen molar-refractivity contribution in [1.82, 2.24) is 5.43 Å². The normalized spacial score (nSPS) is 12.7. The summed E-state index contributed by atoms with van der Waals surface area (Å²) in [7, 11) is 0. The van der Waals surface area contributed by atoms with Crippen LogP contribution in [0.15, 0.2) is 5.10 Å². The molecule has 9 heavy (non-hydrogen) atoms. The minimum Gasteiger partial charge on any atom is -0.377 e. The van der Waals surface area contributed by atoms with Gasteiger partial charge in [0.2, 0.25) is 0 Å². The summed E-state index contributed by atoms with van der Waals surface area (Å²) in [6.45, 7) is 8.72. The number of hydrazone groups is 1. The maximum absolute atomic E-state index is 5.19. The second-order valence-electron chi connectivity index (χ2n) is 1.79. The summed E-state index contributed by atoms with van der Waals surface area (Å²) in [5.41, 5.74) is 2.72. The Bertz CT molecular complexity index is 75.5. The largest absolute Gasteiger partial charge is 0.377 e. The van der Waals surface area contributed by atoms with E-state index in [0.29, 0.717) is 0 Å². The van der Waals surface area contributed by atoms with Crippen LogP contribution in [0.25, 0.3) is 0 Å². The molecule has 0 radical (unpaired) electrons. The summed E-state index contributed by atoms with van der Waals surface area (Å²) in [6, 6.07) is 0. The third-order valence-corrected chi connectivity index (χ3v) is 0.942. The van der Waals surface area contributed by atoms with Gasteiger partial charge in [-0.2, -0.15) is 5.10 Å². The van der Waals surface area contributed by atoms with Crippen LogP contribution in [0.3, 0.4) is 0 Å². The molecular weight excluding hydrogens is 116 g/mol. The van der Waals surface area contributed by atoms with Crippen LogP contribution in [0.5, 0.6) is 0 Å². The van der Waals surface area contributed by atoms with Gasteiger partial charge in [0, 0.05) is 13.3 Å². The SMILES string of the molecule is C=NNC[C@H](C)OCC. The molecule has 0 aliphatic carbocycles. The number of nitrogens with zero attached hydrogens (tertiary/aromatic N) is 1. The van der Waals surface area contributed by atoms with E-state index < -0.39 is 0 Å². The number of hydrogen-bond acceptors (Lipinski definition) is 3. The van der Waals surface area contributed by atoms with Crippen molar-refractivity contribution in [3.8, 4) is 0 Å². The van der Waals surface area contributed by atoms with E-state index in [9.17, 15) is 0 Å².